The number of halogens is 4. The average Bonchev–Trinajstić information content (AvgIpc) is 3.53. The standard InChI is InChI=1S/C27H19F4N3O6/c1-39-17-2-8(7-35)40-27(24(17)36)34-16-6-14(31)12(29)4-10(16)19-21-20(25(37)33-26(21)38)18-9-3-11(28)13(30)5-15(9)32-22(18)23(19)34/h3-6,8,17,24,27,32,35-36H,2,7H2,1H3,(H,33,37,38)/t8-,17+,24+,27+/m0/s1. The number of rotatable bonds is 3. The molecular formula is C27H19F4N3O6. The number of carbonyl (C=O) groups is 2. The van der Waals surface area contributed by atoms with Crippen LogP contribution in [0.4, 0.5) is 17.6 Å². The number of aliphatic hydroxyl groups is 2. The van der Waals surface area contributed by atoms with Gasteiger partial charge in [-0.1, -0.05) is 0 Å². The van der Waals surface area contributed by atoms with E-state index in [2.05, 4.69) is 10.3 Å². The molecule has 0 spiro atoms. The van der Waals surface area contributed by atoms with Gasteiger partial charge in [-0.3, -0.25) is 14.9 Å². The number of benzene rings is 3. The second kappa shape index (κ2) is 8.48. The fourth-order valence-corrected chi connectivity index (χ4v) is 6.11. The predicted molar refractivity (Wildman–Crippen MR) is 133 cm³/mol. The quantitative estimate of drug-likeness (QED) is 0.199. The highest BCUT2D eigenvalue weighted by molar-refractivity contribution is 6.39. The van der Waals surface area contributed by atoms with Crippen molar-refractivity contribution in [2.24, 2.45) is 0 Å². The molecule has 13 heteroatoms. The summed E-state index contributed by atoms with van der Waals surface area (Å²) < 4.78 is 70.7. The molecule has 0 unspecified atom stereocenters. The topological polar surface area (TPSA) is 126 Å². The Hall–Kier alpha value is -4.04. The minimum Gasteiger partial charge on any atom is -0.394 e. The smallest absolute Gasteiger partial charge is 0.259 e. The first-order chi connectivity index (χ1) is 19.1. The highest BCUT2D eigenvalue weighted by Crippen LogP contribution is 2.46. The Labute approximate surface area is 220 Å². The number of fused-ring (bicyclic) bond motifs is 10. The Balaban J connectivity index is 1.73. The van der Waals surface area contributed by atoms with E-state index in [0.717, 1.165) is 24.3 Å². The molecular weight excluding hydrogens is 538 g/mol. The summed E-state index contributed by atoms with van der Waals surface area (Å²) in [6.07, 6.45) is -4.29. The van der Waals surface area contributed by atoms with Gasteiger partial charge < -0.3 is 29.2 Å². The van der Waals surface area contributed by atoms with Crippen LogP contribution in [0.1, 0.15) is 33.4 Å². The van der Waals surface area contributed by atoms with Crippen LogP contribution in [0.2, 0.25) is 0 Å². The Kier molecular flexibility index (Phi) is 5.29. The van der Waals surface area contributed by atoms with E-state index in [0.29, 0.717) is 0 Å². The lowest BCUT2D eigenvalue weighted by Gasteiger charge is -2.39. The monoisotopic (exact) mass is 557 g/mol. The largest absolute Gasteiger partial charge is 0.394 e. The maximum atomic E-state index is 14.7. The van der Waals surface area contributed by atoms with Crippen LogP contribution in [-0.4, -0.2) is 63.6 Å². The maximum absolute atomic E-state index is 14.7. The van der Waals surface area contributed by atoms with Crippen molar-refractivity contribution in [3.8, 4) is 0 Å². The van der Waals surface area contributed by atoms with Crippen molar-refractivity contribution in [3.05, 3.63) is 58.7 Å². The van der Waals surface area contributed by atoms with Gasteiger partial charge >= 0.3 is 0 Å². The van der Waals surface area contributed by atoms with Gasteiger partial charge in [0.05, 0.1) is 46.5 Å². The van der Waals surface area contributed by atoms with E-state index in [1.54, 1.807) is 0 Å². The van der Waals surface area contributed by atoms with Crippen molar-refractivity contribution in [2.75, 3.05) is 13.7 Å². The first-order valence-electron chi connectivity index (χ1n) is 12.3. The molecule has 4 atom stereocenters. The summed E-state index contributed by atoms with van der Waals surface area (Å²) in [5.74, 6) is -6.49. The number of imide groups is 1. The Morgan fingerprint density at radius 3 is 2.27 bits per heavy atom. The third-order valence-electron chi connectivity index (χ3n) is 7.81. The van der Waals surface area contributed by atoms with Crippen molar-refractivity contribution < 1.29 is 46.8 Å². The van der Waals surface area contributed by atoms with E-state index >= 15 is 0 Å². The van der Waals surface area contributed by atoms with Crippen LogP contribution >= 0.6 is 0 Å². The van der Waals surface area contributed by atoms with E-state index in [4.69, 9.17) is 9.47 Å². The lowest BCUT2D eigenvalue weighted by atomic mass is 9.96. The molecule has 4 heterocycles. The maximum Gasteiger partial charge on any atom is 0.259 e. The number of hydrogen-bond acceptors (Lipinski definition) is 6. The average molecular weight is 557 g/mol. The summed E-state index contributed by atoms with van der Waals surface area (Å²) in [7, 11) is 1.35. The molecule has 9 nitrogen and oxygen atoms in total. The number of methoxy groups -OCH3 is 1. The molecule has 206 valence electrons. The van der Waals surface area contributed by atoms with E-state index < -0.39 is 66.2 Å². The van der Waals surface area contributed by atoms with Crippen molar-refractivity contribution in [1.82, 2.24) is 14.9 Å². The Morgan fingerprint density at radius 2 is 1.60 bits per heavy atom. The van der Waals surface area contributed by atoms with Crippen molar-refractivity contribution in [3.63, 3.8) is 0 Å². The molecule has 0 bridgehead atoms. The van der Waals surface area contributed by atoms with Gasteiger partial charge in [-0.25, -0.2) is 17.6 Å². The molecule has 1 saturated heterocycles. The molecule has 3 aromatic carbocycles. The van der Waals surface area contributed by atoms with Gasteiger partial charge in [-0.05, 0) is 12.1 Å². The molecule has 40 heavy (non-hydrogen) atoms. The second-order valence-corrected chi connectivity index (χ2v) is 9.93. The number of nitrogens with zero attached hydrogens (tertiary/aromatic N) is 1. The fourth-order valence-electron chi connectivity index (χ4n) is 6.11. The molecule has 5 aromatic rings. The molecule has 4 N–H and O–H groups in total. The fraction of sp³-hybridized carbons (Fsp3) is 0.259. The predicted octanol–water partition coefficient (Wildman–Crippen LogP) is 3.52. The number of aliphatic hydroxyl groups excluding tert-OH is 2. The van der Waals surface area contributed by atoms with Gasteiger partial charge in [-0.15, -0.1) is 0 Å². The number of carbonyl (C=O) groups excluding carboxylic acids is 2. The van der Waals surface area contributed by atoms with Gasteiger partial charge in [0.25, 0.3) is 11.8 Å². The molecule has 0 radical (unpaired) electrons. The summed E-state index contributed by atoms with van der Waals surface area (Å²) in [6.45, 7) is -0.449. The van der Waals surface area contributed by atoms with E-state index in [1.165, 1.54) is 11.7 Å². The van der Waals surface area contributed by atoms with E-state index in [-0.39, 0.29) is 61.2 Å². The minimum absolute atomic E-state index is 0.00995. The van der Waals surface area contributed by atoms with Crippen molar-refractivity contribution >= 4 is 55.4 Å². The first-order valence-corrected chi connectivity index (χ1v) is 12.3. The van der Waals surface area contributed by atoms with Crippen LogP contribution in [0, 0.1) is 23.3 Å². The lowest BCUT2D eigenvalue weighted by Crippen LogP contribution is -2.47. The summed E-state index contributed by atoms with van der Waals surface area (Å²) in [5.41, 5.74) is -0.0799. The molecule has 2 aliphatic rings. The highest BCUT2D eigenvalue weighted by Gasteiger charge is 2.42. The minimum atomic E-state index is -1.39. The summed E-state index contributed by atoms with van der Waals surface area (Å²) >= 11 is 0. The molecule has 0 saturated carbocycles. The van der Waals surface area contributed by atoms with Crippen LogP contribution in [0.5, 0.6) is 0 Å². The SMILES string of the molecule is CO[C@@H]1C[C@@H](CO)O[C@@H](n2c3cc(F)c(F)cc3c3c4c(c5c6cc(F)c(F)cc6[nH]c5c32)C(=O)NC4=O)[C@@H]1O. The zero-order valence-electron chi connectivity index (χ0n) is 20.5. The van der Waals surface area contributed by atoms with Crippen LogP contribution < -0.4 is 5.32 Å². The van der Waals surface area contributed by atoms with Gasteiger partial charge in [0.2, 0.25) is 0 Å². The highest BCUT2D eigenvalue weighted by atomic mass is 19.2. The van der Waals surface area contributed by atoms with E-state index in [1.807, 2.05) is 0 Å². The number of amides is 2. The molecule has 1 fully saturated rings. The Bertz CT molecular complexity index is 1950. The van der Waals surface area contributed by atoms with Crippen LogP contribution in [0.3, 0.4) is 0 Å². The normalized spacial score (nSPS) is 23.2. The molecule has 7 rings (SSSR count). The number of aromatic nitrogens is 2. The number of nitrogens with one attached hydrogen (secondary N) is 2. The zero-order valence-corrected chi connectivity index (χ0v) is 20.5. The number of aromatic amines is 1. The van der Waals surface area contributed by atoms with Gasteiger partial charge in [0, 0.05) is 52.7 Å². The molecule has 2 amide bonds. The third kappa shape index (κ3) is 3.17. The zero-order chi connectivity index (χ0) is 28.2. The summed E-state index contributed by atoms with van der Waals surface area (Å²) in [5, 5.41) is 23.5. The van der Waals surface area contributed by atoms with Gasteiger partial charge in [0.15, 0.2) is 29.5 Å². The molecule has 2 aliphatic heterocycles. The third-order valence-corrected chi connectivity index (χ3v) is 7.81. The molecule has 0 aliphatic carbocycles. The Morgan fingerprint density at radius 1 is 0.975 bits per heavy atom. The van der Waals surface area contributed by atoms with E-state index in [9.17, 15) is 37.4 Å². The number of ether oxygens (including phenoxy) is 2. The van der Waals surface area contributed by atoms with Crippen molar-refractivity contribution in [1.29, 1.82) is 0 Å². The number of hydrogen-bond donors (Lipinski definition) is 4. The van der Waals surface area contributed by atoms with Gasteiger partial charge in [-0.2, -0.15) is 0 Å². The van der Waals surface area contributed by atoms with Gasteiger partial charge in [0.1, 0.15) is 6.10 Å². The van der Waals surface area contributed by atoms with Crippen molar-refractivity contribution in [2.45, 2.75) is 31.0 Å². The lowest BCUT2D eigenvalue weighted by molar-refractivity contribution is -0.209. The summed E-state index contributed by atoms with van der Waals surface area (Å²) in [4.78, 5) is 29.2. The summed E-state index contributed by atoms with van der Waals surface area (Å²) in [6, 6.07) is 3.49. The number of H-pyrrole nitrogens is 1. The first kappa shape index (κ1) is 25.0. The van der Waals surface area contributed by atoms with Crippen LogP contribution in [0.15, 0.2) is 24.3 Å². The second-order valence-electron chi connectivity index (χ2n) is 9.93. The van der Waals surface area contributed by atoms with Crippen LogP contribution in [-0.2, 0) is 9.47 Å². The van der Waals surface area contributed by atoms with Crippen LogP contribution in [0.25, 0.3) is 43.6 Å². The molecule has 2 aromatic heterocycles.